The number of amides is 1. The van der Waals surface area contributed by atoms with Crippen molar-refractivity contribution < 1.29 is 68.2 Å². The number of carbonyl (C=O) groups excluding carboxylic acids is 1. The number of aryl methyl sites for hydroxylation is 5. The van der Waals surface area contributed by atoms with E-state index in [4.69, 9.17) is 0 Å². The highest BCUT2D eigenvalue weighted by molar-refractivity contribution is 7.99. The smallest absolute Gasteiger partial charge is 0.386 e. The van der Waals surface area contributed by atoms with Gasteiger partial charge in [0.2, 0.25) is 17.6 Å². The largest absolute Gasteiger partial charge is 0.449 e. The maximum atomic E-state index is 15.0. The molecule has 11 heterocycles. The Morgan fingerprint density at radius 2 is 0.844 bits per heavy atom. The van der Waals surface area contributed by atoms with E-state index in [1.54, 1.807) is 78.9 Å². The van der Waals surface area contributed by atoms with Crippen molar-refractivity contribution in [2.24, 2.45) is 31.8 Å². The molecule has 0 bridgehead atoms. The van der Waals surface area contributed by atoms with Crippen molar-refractivity contribution in [1.29, 1.82) is 0 Å². The minimum absolute atomic E-state index is 0. The van der Waals surface area contributed by atoms with Gasteiger partial charge in [0.25, 0.3) is 0 Å². The van der Waals surface area contributed by atoms with E-state index in [9.17, 15) is 58.2 Å². The first-order valence-corrected chi connectivity index (χ1v) is 37.1. The minimum atomic E-state index is -4.55. The Hall–Kier alpha value is -10.0. The fraction of sp³-hybridized carbons (Fsp3) is 0.400. The third-order valence-electron chi connectivity index (χ3n) is 19.2. The summed E-state index contributed by atoms with van der Waals surface area (Å²) in [5.74, 6) is 3.13. The van der Waals surface area contributed by atoms with Crippen LogP contribution in [0.1, 0.15) is 90.1 Å². The van der Waals surface area contributed by atoms with E-state index < -0.39 is 65.9 Å². The number of aromatic amines is 3. The molecule has 3 saturated heterocycles. The molecule has 1 amide bonds. The first-order valence-electron chi connectivity index (χ1n) is 34.7. The van der Waals surface area contributed by atoms with Gasteiger partial charge in [-0.1, -0.05) is 0 Å². The number of aliphatic hydroxyl groups is 1. The Bertz CT molecular complexity index is 5010. The molecule has 0 unspecified atom stereocenters. The Kier molecular flexibility index (Phi) is 19.6. The predicted molar refractivity (Wildman–Crippen MR) is 402 cm³/mol. The molecular weight excluding hydrogens is 1500 g/mol. The molecule has 17 rings (SSSR count). The van der Waals surface area contributed by atoms with Crippen LogP contribution in [0.5, 0.6) is 0 Å². The van der Waals surface area contributed by atoms with Gasteiger partial charge in [-0.3, -0.25) is 20.1 Å². The van der Waals surface area contributed by atoms with Gasteiger partial charge >= 0.3 is 18.5 Å². The molecule has 8 aromatic heterocycles. The minimum Gasteiger partial charge on any atom is -0.386 e. The van der Waals surface area contributed by atoms with Gasteiger partial charge in [0, 0.05) is 104 Å². The lowest BCUT2D eigenvalue weighted by Crippen LogP contribution is -2.63. The standard InChI is InChI=1S/C24H25F4N7OS.C23H22F4N8S.C23H23F3N8OS.7H2/c1-14-10-19(34-33-14)30-18-11-20(35-12-23(25,13-35)15-2-3-15)32-22(31-18)37-17-6-4-16(5-7-17)29-21(36)8-9-24(26,27)28;1-12-7-18(33-32-12)29-17-9-19(35-10-22(24,11-35)13-3-4-13)31-21(30-17)36-14-5-6-15-16(8-14)34(2)20(28-15)23(25,26)27;1-12-7-18(32-31-12)28-17-9-19(34-10-22(35,11-34)13-3-4-13)30-21(29-17)36-14-5-6-15-16(8-14)33(2)20(27-15)23(24,25)26;;;;;;;/h4-7,10-11,15H,2-3,8-9,12-13H2,1H3,(H,29,36)(H2,30,31,32,33,34);5-9,13H,3-4,10-11H2,1-2H3,(H2,29,30,31,32,33);5-9,13,35H,3-4,10-11H2,1-2H3,(H2,28,29,30,31,32);7*1H. The number of nitrogens with one attached hydrogen (secondary N) is 7. The van der Waals surface area contributed by atoms with Gasteiger partial charge in [0.1, 0.15) is 51.8 Å². The number of aromatic nitrogens is 16. The summed E-state index contributed by atoms with van der Waals surface area (Å²) < 4.78 is 149. The Morgan fingerprint density at radius 3 is 1.18 bits per heavy atom. The van der Waals surface area contributed by atoms with Crippen LogP contribution in [0.25, 0.3) is 22.1 Å². The SMILES string of the molecule is Cc1cc(Nc2cc(N3CC(F)(C4CC4)C3)nc(Sc3ccc(NC(=O)CCC(F)(F)F)cc3)n2)n[nH]1.Cc1cc(Nc2cc(N3CC(F)(C4CC4)C3)nc(Sc3ccc4nc(C(F)(F)F)n(C)c4c3)n2)n[nH]1.Cc1cc(Nc2cc(N3CC(O)(C4CC4)C3)nc(Sc3ccc4nc(C(F)(F)F)n(C)c4c3)n2)n[nH]1.[HH].[HH].[HH].[HH].[HH].[HH].[HH]. The van der Waals surface area contributed by atoms with Gasteiger partial charge in [-0.05, 0) is 173 Å². The molecule has 0 spiro atoms. The monoisotopic (exact) mass is 1580 g/mol. The van der Waals surface area contributed by atoms with Crippen molar-refractivity contribution in [1.82, 2.24) is 79.6 Å². The normalized spacial score (nSPS) is 17.2. The van der Waals surface area contributed by atoms with E-state index in [-0.39, 0.29) is 45.9 Å². The zero-order valence-corrected chi connectivity index (χ0v) is 61.2. The first-order chi connectivity index (χ1) is 51.7. The number of carbonyl (C=O) groups is 1. The second kappa shape index (κ2) is 28.8. The number of anilines is 10. The van der Waals surface area contributed by atoms with Gasteiger partial charge < -0.3 is 50.2 Å². The van der Waals surface area contributed by atoms with Gasteiger partial charge in [-0.15, -0.1) is 0 Å². The van der Waals surface area contributed by atoms with Crippen LogP contribution in [0.3, 0.4) is 0 Å². The van der Waals surface area contributed by atoms with Crippen molar-refractivity contribution in [2.45, 2.75) is 138 Å². The molecule has 0 radical (unpaired) electrons. The third kappa shape index (κ3) is 17.4. The zero-order valence-electron chi connectivity index (χ0n) is 58.8. The summed E-state index contributed by atoms with van der Waals surface area (Å²) in [6, 6.07) is 27.2. The predicted octanol–water partition coefficient (Wildman–Crippen LogP) is 16.9. The summed E-state index contributed by atoms with van der Waals surface area (Å²) in [6.07, 6.45) is -9.47. The van der Waals surface area contributed by atoms with Gasteiger partial charge in [-0.25, -0.2) is 48.7 Å². The lowest BCUT2D eigenvalue weighted by atomic mass is 9.89. The average molecular weight is 1580 g/mol. The lowest BCUT2D eigenvalue weighted by Gasteiger charge is -2.47. The lowest BCUT2D eigenvalue weighted by molar-refractivity contribution is -0.147. The topological polar surface area (TPSA) is 294 Å². The molecule has 3 aliphatic heterocycles. The number of imidazole rings is 2. The molecule has 25 nitrogen and oxygen atoms in total. The van der Waals surface area contributed by atoms with Crippen LogP contribution in [-0.2, 0) is 31.2 Å². The molecule has 6 fully saturated rings. The summed E-state index contributed by atoms with van der Waals surface area (Å²) in [5.41, 5.74) is 1.26. The number of rotatable bonds is 21. The van der Waals surface area contributed by atoms with E-state index in [0.717, 1.165) is 69.6 Å². The number of hydrogen-bond donors (Lipinski definition) is 8. The van der Waals surface area contributed by atoms with Crippen LogP contribution in [0.2, 0.25) is 0 Å². The molecule has 3 saturated carbocycles. The van der Waals surface area contributed by atoms with Gasteiger partial charge in [-0.2, -0.15) is 54.8 Å². The zero-order chi connectivity index (χ0) is 76.7. The molecule has 109 heavy (non-hydrogen) atoms. The Morgan fingerprint density at radius 1 is 0.486 bits per heavy atom. The average Bonchev–Trinajstić information content (AvgIpc) is 1.56. The highest BCUT2D eigenvalue weighted by Crippen LogP contribution is 2.51. The molecule has 3 aromatic carbocycles. The van der Waals surface area contributed by atoms with Crippen LogP contribution >= 0.6 is 35.3 Å². The quantitative estimate of drug-likeness (QED) is 0.0245. The number of H-pyrrole nitrogens is 3. The van der Waals surface area contributed by atoms with E-state index >= 15 is 0 Å². The Balaban J connectivity index is 0.000000211. The number of halogens is 11. The second-order valence-corrected chi connectivity index (χ2v) is 31.3. The molecule has 6 aliphatic rings. The maximum Gasteiger partial charge on any atom is 0.449 e. The summed E-state index contributed by atoms with van der Waals surface area (Å²) >= 11 is 3.72. The molecule has 8 N–H and O–H groups in total. The molecule has 39 heteroatoms. The molecule has 11 aromatic rings. The summed E-state index contributed by atoms with van der Waals surface area (Å²) in [4.78, 5) is 54.8. The van der Waals surface area contributed by atoms with Crippen LogP contribution in [-0.4, -0.2) is 153 Å². The van der Waals surface area contributed by atoms with E-state index in [1.165, 1.54) is 49.4 Å². The second-order valence-electron chi connectivity index (χ2n) is 28.2. The fourth-order valence-electron chi connectivity index (χ4n) is 13.1. The van der Waals surface area contributed by atoms with Crippen molar-refractivity contribution in [2.75, 3.05) is 75.2 Å². The fourth-order valence-corrected chi connectivity index (χ4v) is 15.5. The summed E-state index contributed by atoms with van der Waals surface area (Å²) in [6.45, 7) is 7.80. The van der Waals surface area contributed by atoms with Crippen LogP contribution in [0.4, 0.5) is 106 Å². The summed E-state index contributed by atoms with van der Waals surface area (Å²) in [5, 5.41) is 45.1. The number of fused-ring (bicyclic) bond motifs is 2. The number of β-amino-alcohol motifs (C(OH)–C–C–N with tert-alkyl or cyclic N) is 1. The van der Waals surface area contributed by atoms with Crippen molar-refractivity contribution >= 4 is 121 Å². The van der Waals surface area contributed by atoms with Crippen molar-refractivity contribution in [3.05, 3.63) is 126 Å². The number of hydrogen-bond acceptors (Lipinski definition) is 22. The number of alkyl halides is 11. The molecular formula is C70H84F11N23O2S3. The third-order valence-corrected chi connectivity index (χ3v) is 21.8. The van der Waals surface area contributed by atoms with E-state index in [2.05, 4.69) is 91.7 Å². The maximum absolute atomic E-state index is 15.0. The van der Waals surface area contributed by atoms with Gasteiger partial charge in [0.15, 0.2) is 32.9 Å². The van der Waals surface area contributed by atoms with Crippen LogP contribution in [0.15, 0.2) is 127 Å². The molecule has 586 valence electrons. The van der Waals surface area contributed by atoms with Crippen molar-refractivity contribution in [3.8, 4) is 0 Å². The van der Waals surface area contributed by atoms with Crippen LogP contribution in [0, 0.1) is 38.5 Å². The van der Waals surface area contributed by atoms with E-state index in [1.807, 2.05) is 53.7 Å². The molecule has 3 aliphatic carbocycles. The summed E-state index contributed by atoms with van der Waals surface area (Å²) in [7, 11) is 2.69. The van der Waals surface area contributed by atoms with Crippen molar-refractivity contribution in [3.63, 3.8) is 0 Å². The van der Waals surface area contributed by atoms with E-state index in [0.29, 0.717) is 126 Å². The first kappa shape index (κ1) is 74.4. The Labute approximate surface area is 637 Å². The highest BCUT2D eigenvalue weighted by atomic mass is 32.2. The van der Waals surface area contributed by atoms with Gasteiger partial charge in [0.05, 0.1) is 67.8 Å². The van der Waals surface area contributed by atoms with Crippen LogP contribution < -0.4 is 36.0 Å². The highest BCUT2D eigenvalue weighted by Gasteiger charge is 2.56. The number of benzene rings is 3. The molecule has 0 atom stereocenters. The number of nitrogens with zero attached hydrogens (tertiary/aromatic N) is 16.